The van der Waals surface area contributed by atoms with Gasteiger partial charge in [0.2, 0.25) is 0 Å². The topological polar surface area (TPSA) is 31.2 Å². The summed E-state index contributed by atoms with van der Waals surface area (Å²) in [6.45, 7) is 4.00. The fraction of sp³-hybridized carbons (Fsp3) is 0.0357. The number of fused-ring (bicyclic) bond motifs is 10. The fourth-order valence-corrected chi connectivity index (χ4v) is 13.2. The van der Waals surface area contributed by atoms with Gasteiger partial charge in [0.15, 0.2) is 0 Å². The molecule has 0 aliphatic heterocycles. The van der Waals surface area contributed by atoms with Gasteiger partial charge in [0.25, 0.3) is 0 Å². The first-order valence-corrected chi connectivity index (χ1v) is 22.3. The predicted molar refractivity (Wildman–Crippen MR) is 252 cm³/mol. The lowest BCUT2D eigenvalue weighted by molar-refractivity contribution is 0.670. The Morgan fingerprint density at radius 3 is 1.58 bits per heavy atom. The van der Waals surface area contributed by atoms with Gasteiger partial charge in [-0.05, 0) is 90.5 Å². The molecule has 0 atom stereocenters. The molecule has 0 aliphatic carbocycles. The highest BCUT2D eigenvalue weighted by atomic mass is 32.3. The molecule has 3 heterocycles. The first-order chi connectivity index (χ1) is 29.8. The van der Waals surface area contributed by atoms with Gasteiger partial charge in [-0.25, -0.2) is 0 Å². The molecule has 12 aromatic rings. The van der Waals surface area contributed by atoms with Gasteiger partial charge in [-0.1, -0.05) is 141 Å². The second kappa shape index (κ2) is 14.5. The predicted octanol–water partition coefficient (Wildman–Crippen LogP) is 16.6. The number of hydrogen-bond acceptors (Lipinski definition) is 2. The monoisotopic (exact) mass is 791 g/mol. The van der Waals surface area contributed by atoms with Crippen LogP contribution < -0.4 is 0 Å². The van der Waals surface area contributed by atoms with E-state index in [0.29, 0.717) is 0 Å². The molecule has 0 aliphatic rings. The van der Waals surface area contributed by atoms with Crippen molar-refractivity contribution >= 4 is 75.7 Å². The third-order valence-electron chi connectivity index (χ3n) is 11.7. The summed E-state index contributed by atoms with van der Waals surface area (Å²) in [5, 5.41) is 6.83. The molecule has 0 saturated heterocycles. The summed E-state index contributed by atoms with van der Waals surface area (Å²) in [7, 11) is -2.05. The van der Waals surface area contributed by atoms with Crippen LogP contribution in [-0.2, 0) is 0 Å². The maximum atomic E-state index is 6.65. The van der Waals surface area contributed by atoms with Crippen LogP contribution in [0.15, 0.2) is 241 Å². The molecular formula is C56H41NO2S. The molecular weight excluding hydrogens is 751 g/mol. The van der Waals surface area contributed by atoms with Crippen molar-refractivity contribution < 1.29 is 8.83 Å². The molecule has 0 spiro atoms. The maximum absolute atomic E-state index is 6.65. The third-order valence-corrected chi connectivity index (χ3v) is 15.6. The number of para-hydroxylation sites is 4. The Hall–Kier alpha value is -7.27. The van der Waals surface area contributed by atoms with Gasteiger partial charge in [0, 0.05) is 57.8 Å². The van der Waals surface area contributed by atoms with Gasteiger partial charge in [-0.3, -0.25) is 0 Å². The summed E-state index contributed by atoms with van der Waals surface area (Å²) in [5.74, 6) is 0. The van der Waals surface area contributed by atoms with Crippen LogP contribution in [0.4, 0.5) is 0 Å². The normalized spacial score (nSPS) is 12.1. The van der Waals surface area contributed by atoms with E-state index in [1.807, 2.05) is 26.0 Å². The average molecular weight is 792 g/mol. The highest BCUT2D eigenvalue weighted by Crippen LogP contribution is 2.73. The van der Waals surface area contributed by atoms with Crippen LogP contribution in [0.2, 0.25) is 0 Å². The summed E-state index contributed by atoms with van der Waals surface area (Å²) in [6, 6.07) is 76.9. The highest BCUT2D eigenvalue weighted by molar-refractivity contribution is 8.34. The first kappa shape index (κ1) is 35.9. The summed E-state index contributed by atoms with van der Waals surface area (Å²) in [4.78, 5) is 5.03. The number of rotatable bonds is 6. The van der Waals surface area contributed by atoms with Crippen molar-refractivity contribution in [2.75, 3.05) is 0 Å². The SMILES string of the molecule is CC.c1ccc(S(c2ccccc2)(c2cccc(-c3cccc4c3oc3ccccc34)c2)c2cccc(-n3c4ccccc4c4c5oc6ccccc6c5ccc43)c2)cc1. The molecule has 0 fully saturated rings. The van der Waals surface area contributed by atoms with Crippen molar-refractivity contribution in [3.63, 3.8) is 0 Å². The Kier molecular flexibility index (Phi) is 8.68. The Morgan fingerprint density at radius 2 is 0.883 bits per heavy atom. The zero-order valence-electron chi connectivity index (χ0n) is 33.4. The van der Waals surface area contributed by atoms with E-state index in [1.54, 1.807) is 0 Å². The molecule has 3 nitrogen and oxygen atoms in total. The van der Waals surface area contributed by atoms with E-state index < -0.39 is 10.0 Å². The Balaban J connectivity index is 0.00000201. The maximum Gasteiger partial charge on any atom is 0.145 e. The molecule has 60 heavy (non-hydrogen) atoms. The first-order valence-electron chi connectivity index (χ1n) is 20.7. The van der Waals surface area contributed by atoms with E-state index in [4.69, 9.17) is 8.83 Å². The summed E-state index contributed by atoms with van der Waals surface area (Å²) in [6.07, 6.45) is 0. The number of hydrogen-bond donors (Lipinski definition) is 0. The van der Waals surface area contributed by atoms with Crippen LogP contribution in [0.1, 0.15) is 13.8 Å². The Bertz CT molecular complexity index is 3480. The van der Waals surface area contributed by atoms with Crippen molar-refractivity contribution in [3.05, 3.63) is 212 Å². The second-order valence-corrected chi connectivity index (χ2v) is 17.9. The van der Waals surface area contributed by atoms with Gasteiger partial charge in [-0.2, -0.15) is 0 Å². The largest absolute Gasteiger partial charge is 0.455 e. The number of nitrogens with zero attached hydrogens (tertiary/aromatic N) is 1. The molecule has 9 aromatic carbocycles. The Labute approximate surface area is 350 Å². The van der Waals surface area contributed by atoms with E-state index in [9.17, 15) is 0 Å². The van der Waals surface area contributed by atoms with Crippen LogP contribution in [0, 0.1) is 0 Å². The zero-order chi connectivity index (χ0) is 40.2. The third kappa shape index (κ3) is 5.38. The molecule has 0 bridgehead atoms. The minimum atomic E-state index is -2.05. The van der Waals surface area contributed by atoms with Crippen LogP contribution in [0.5, 0.6) is 0 Å². The van der Waals surface area contributed by atoms with Crippen LogP contribution >= 0.6 is 10.0 Å². The van der Waals surface area contributed by atoms with Crippen LogP contribution in [0.25, 0.3) is 82.5 Å². The van der Waals surface area contributed by atoms with Gasteiger partial charge < -0.3 is 13.4 Å². The lowest BCUT2D eigenvalue weighted by Gasteiger charge is -2.42. The van der Waals surface area contributed by atoms with Crippen molar-refractivity contribution in [2.24, 2.45) is 0 Å². The fourth-order valence-electron chi connectivity index (χ4n) is 9.22. The van der Waals surface area contributed by atoms with Crippen molar-refractivity contribution in [1.29, 1.82) is 0 Å². The molecule has 4 heteroatoms. The molecule has 288 valence electrons. The molecule has 0 N–H and O–H groups in total. The Morgan fingerprint density at radius 1 is 0.367 bits per heavy atom. The second-order valence-electron chi connectivity index (χ2n) is 14.8. The number of aromatic nitrogens is 1. The van der Waals surface area contributed by atoms with Gasteiger partial charge in [0.1, 0.15) is 22.3 Å². The lowest BCUT2D eigenvalue weighted by atomic mass is 10.0. The van der Waals surface area contributed by atoms with Crippen LogP contribution in [0.3, 0.4) is 0 Å². The minimum Gasteiger partial charge on any atom is -0.455 e. The van der Waals surface area contributed by atoms with Gasteiger partial charge in [0.05, 0.1) is 16.4 Å². The molecule has 0 radical (unpaired) electrons. The quantitative estimate of drug-likeness (QED) is 0.168. The van der Waals surface area contributed by atoms with Crippen molar-refractivity contribution in [3.8, 4) is 16.8 Å². The van der Waals surface area contributed by atoms with Crippen molar-refractivity contribution in [1.82, 2.24) is 4.57 Å². The lowest BCUT2D eigenvalue weighted by Crippen LogP contribution is -2.06. The summed E-state index contributed by atoms with van der Waals surface area (Å²) < 4.78 is 15.7. The minimum absolute atomic E-state index is 0.901. The van der Waals surface area contributed by atoms with Crippen LogP contribution in [-0.4, -0.2) is 4.57 Å². The standard InChI is InChI=1S/C54H35NO2S.C2H6/c1-3-18-38(19-4-1)58(39-20-5-2-6-21-39,40-22-13-16-36(34-40)42-27-15-28-45-43-24-8-11-30-50(43)56-53(42)45)41-23-14-17-37(35-41)55-48-29-10-7-26-47(48)52-49(55)33-32-46-44-25-9-12-31-51(44)57-54(46)52;1-2/h1-35H;1-2H3. The van der Waals surface area contributed by atoms with E-state index in [-0.39, 0.29) is 0 Å². The van der Waals surface area contributed by atoms with Gasteiger partial charge >= 0.3 is 0 Å². The smallest absolute Gasteiger partial charge is 0.145 e. The van der Waals surface area contributed by atoms with E-state index in [0.717, 1.165) is 77.1 Å². The molecule has 0 unspecified atom stereocenters. The summed E-state index contributed by atoms with van der Waals surface area (Å²) >= 11 is 0. The van der Waals surface area contributed by atoms with E-state index in [1.165, 1.54) is 25.0 Å². The molecule has 3 aromatic heterocycles. The number of benzene rings is 9. The molecule has 0 amide bonds. The van der Waals surface area contributed by atoms with Gasteiger partial charge in [-0.15, -0.1) is 10.0 Å². The van der Waals surface area contributed by atoms with Crippen molar-refractivity contribution in [2.45, 2.75) is 33.4 Å². The number of furan rings is 2. The average Bonchev–Trinajstić information content (AvgIpc) is 4.01. The summed E-state index contributed by atoms with van der Waals surface area (Å²) in [5.41, 5.74) is 9.21. The zero-order valence-corrected chi connectivity index (χ0v) is 34.2. The molecule has 12 rings (SSSR count). The highest BCUT2D eigenvalue weighted by Gasteiger charge is 2.34. The molecule has 0 saturated carbocycles. The van der Waals surface area contributed by atoms with E-state index in [2.05, 4.69) is 205 Å². The van der Waals surface area contributed by atoms with E-state index >= 15 is 0 Å².